The number of nitrogens with two attached hydrogens (primary N) is 1. The Morgan fingerprint density at radius 1 is 1.47 bits per heavy atom. The van der Waals surface area contributed by atoms with Crippen molar-refractivity contribution in [2.45, 2.75) is 25.3 Å². The van der Waals surface area contributed by atoms with E-state index in [4.69, 9.17) is 15.3 Å². The van der Waals surface area contributed by atoms with Crippen LogP contribution in [0.3, 0.4) is 0 Å². The number of pyridine rings is 1. The van der Waals surface area contributed by atoms with Gasteiger partial charge in [0.05, 0.1) is 12.7 Å². The highest BCUT2D eigenvalue weighted by Crippen LogP contribution is 2.14. The third-order valence-corrected chi connectivity index (χ3v) is 2.57. The first-order valence-corrected chi connectivity index (χ1v) is 5.45. The van der Waals surface area contributed by atoms with Crippen LogP contribution < -0.4 is 5.73 Å². The Morgan fingerprint density at radius 2 is 2.29 bits per heavy atom. The number of furan rings is 1. The number of carboxylic acid groups (broad SMARTS) is 1. The van der Waals surface area contributed by atoms with Crippen LogP contribution >= 0.6 is 0 Å². The number of aliphatic carboxylic acids is 1. The average molecular weight is 234 g/mol. The maximum Gasteiger partial charge on any atom is 0.304 e. The molecular weight excluding hydrogens is 220 g/mol. The lowest BCUT2D eigenvalue weighted by molar-refractivity contribution is -0.137. The van der Waals surface area contributed by atoms with Gasteiger partial charge in [-0.25, -0.2) is 4.98 Å². The number of carbonyl (C=O) groups is 1. The highest BCUT2D eigenvalue weighted by Gasteiger charge is 2.09. The zero-order valence-electron chi connectivity index (χ0n) is 9.30. The van der Waals surface area contributed by atoms with Crippen LogP contribution in [-0.4, -0.2) is 22.1 Å². The van der Waals surface area contributed by atoms with Crippen LogP contribution in [0.2, 0.25) is 0 Å². The Bertz CT molecular complexity index is 521. The summed E-state index contributed by atoms with van der Waals surface area (Å²) >= 11 is 0. The number of hydrogen-bond donors (Lipinski definition) is 2. The number of carboxylic acids is 1. The van der Waals surface area contributed by atoms with E-state index in [1.165, 1.54) is 0 Å². The Morgan fingerprint density at radius 3 is 3.06 bits per heavy atom. The molecule has 0 saturated carbocycles. The molecule has 0 radical (unpaired) electrons. The van der Waals surface area contributed by atoms with E-state index in [1.807, 2.05) is 12.1 Å². The minimum absolute atomic E-state index is 0.00600. The second-order valence-corrected chi connectivity index (χ2v) is 4.00. The first kappa shape index (κ1) is 11.6. The summed E-state index contributed by atoms with van der Waals surface area (Å²) in [7, 11) is 0. The molecule has 0 aliphatic rings. The molecule has 1 unspecified atom stereocenters. The molecule has 0 aliphatic heterocycles. The van der Waals surface area contributed by atoms with E-state index in [9.17, 15) is 4.79 Å². The van der Waals surface area contributed by atoms with Gasteiger partial charge in [0, 0.05) is 17.8 Å². The number of hydrogen-bond acceptors (Lipinski definition) is 4. The van der Waals surface area contributed by atoms with Crippen LogP contribution in [0.1, 0.15) is 18.5 Å². The van der Waals surface area contributed by atoms with Crippen molar-refractivity contribution in [1.29, 1.82) is 0 Å². The van der Waals surface area contributed by atoms with Gasteiger partial charge in [-0.3, -0.25) is 4.79 Å². The van der Waals surface area contributed by atoms with Crippen molar-refractivity contribution in [3.05, 3.63) is 30.2 Å². The van der Waals surface area contributed by atoms with Gasteiger partial charge in [0.1, 0.15) is 5.52 Å². The number of aryl methyl sites for hydroxylation is 1. The Kier molecular flexibility index (Phi) is 3.39. The molecule has 5 nitrogen and oxygen atoms in total. The van der Waals surface area contributed by atoms with Gasteiger partial charge in [0.15, 0.2) is 5.58 Å². The summed E-state index contributed by atoms with van der Waals surface area (Å²) in [5.41, 5.74) is 8.16. The van der Waals surface area contributed by atoms with E-state index >= 15 is 0 Å². The standard InChI is InChI=1S/C12H14N2O3/c13-8(7-12(15)16)1-2-9-3-4-11-10(14-9)5-6-17-11/h3-6,8H,1-2,7,13H2,(H,15,16). The van der Waals surface area contributed by atoms with Crippen molar-refractivity contribution >= 4 is 17.1 Å². The van der Waals surface area contributed by atoms with E-state index in [2.05, 4.69) is 4.98 Å². The predicted octanol–water partition coefficient (Wildman–Crippen LogP) is 1.56. The maximum absolute atomic E-state index is 10.5. The molecule has 0 bridgehead atoms. The molecule has 2 aromatic rings. The summed E-state index contributed by atoms with van der Waals surface area (Å²) in [6, 6.07) is 5.21. The summed E-state index contributed by atoms with van der Waals surface area (Å²) in [5.74, 6) is -0.865. The van der Waals surface area contributed by atoms with E-state index in [-0.39, 0.29) is 12.5 Å². The molecule has 3 N–H and O–H groups in total. The van der Waals surface area contributed by atoms with Crippen LogP contribution in [-0.2, 0) is 11.2 Å². The van der Waals surface area contributed by atoms with Crippen molar-refractivity contribution in [3.63, 3.8) is 0 Å². The molecular formula is C12H14N2O3. The number of fused-ring (bicyclic) bond motifs is 1. The molecule has 2 aromatic heterocycles. The highest BCUT2D eigenvalue weighted by molar-refractivity contribution is 5.72. The molecule has 0 fully saturated rings. The third-order valence-electron chi connectivity index (χ3n) is 2.57. The van der Waals surface area contributed by atoms with Crippen LogP contribution in [0.5, 0.6) is 0 Å². The van der Waals surface area contributed by atoms with Crippen molar-refractivity contribution in [3.8, 4) is 0 Å². The predicted molar refractivity (Wildman–Crippen MR) is 62.6 cm³/mol. The van der Waals surface area contributed by atoms with Crippen LogP contribution in [0, 0.1) is 0 Å². The quantitative estimate of drug-likeness (QED) is 0.819. The van der Waals surface area contributed by atoms with Gasteiger partial charge < -0.3 is 15.3 Å². The average Bonchev–Trinajstić information content (AvgIpc) is 2.72. The molecule has 0 saturated heterocycles. The van der Waals surface area contributed by atoms with Gasteiger partial charge in [-0.05, 0) is 25.0 Å². The highest BCUT2D eigenvalue weighted by atomic mass is 16.4. The van der Waals surface area contributed by atoms with Gasteiger partial charge in [0.2, 0.25) is 0 Å². The van der Waals surface area contributed by atoms with E-state index in [0.29, 0.717) is 12.8 Å². The zero-order chi connectivity index (χ0) is 12.3. The monoisotopic (exact) mass is 234 g/mol. The molecule has 5 heteroatoms. The maximum atomic E-state index is 10.5. The summed E-state index contributed by atoms with van der Waals surface area (Å²) in [6.07, 6.45) is 2.88. The molecule has 0 spiro atoms. The molecule has 1 atom stereocenters. The van der Waals surface area contributed by atoms with Crippen LogP contribution in [0.4, 0.5) is 0 Å². The van der Waals surface area contributed by atoms with Crippen molar-refractivity contribution in [2.24, 2.45) is 5.73 Å². The van der Waals surface area contributed by atoms with E-state index in [1.54, 1.807) is 12.3 Å². The van der Waals surface area contributed by atoms with Gasteiger partial charge >= 0.3 is 5.97 Å². The topological polar surface area (TPSA) is 89.4 Å². The van der Waals surface area contributed by atoms with Crippen molar-refractivity contribution in [1.82, 2.24) is 4.98 Å². The lowest BCUT2D eigenvalue weighted by Crippen LogP contribution is -2.24. The zero-order valence-corrected chi connectivity index (χ0v) is 9.30. The molecule has 0 aliphatic carbocycles. The molecule has 0 amide bonds. The van der Waals surface area contributed by atoms with Crippen molar-refractivity contribution in [2.75, 3.05) is 0 Å². The number of rotatable bonds is 5. The first-order valence-electron chi connectivity index (χ1n) is 5.45. The summed E-state index contributed by atoms with van der Waals surface area (Å²) < 4.78 is 5.19. The first-order chi connectivity index (χ1) is 8.15. The lowest BCUT2D eigenvalue weighted by Gasteiger charge is -2.07. The molecule has 90 valence electrons. The second-order valence-electron chi connectivity index (χ2n) is 4.00. The van der Waals surface area contributed by atoms with E-state index in [0.717, 1.165) is 16.8 Å². The molecule has 2 heterocycles. The Labute approximate surface area is 98.2 Å². The molecule has 0 aromatic carbocycles. The van der Waals surface area contributed by atoms with Gasteiger partial charge in [0.25, 0.3) is 0 Å². The Balaban J connectivity index is 1.96. The Hall–Kier alpha value is -1.88. The van der Waals surface area contributed by atoms with Gasteiger partial charge in [-0.15, -0.1) is 0 Å². The van der Waals surface area contributed by atoms with Gasteiger partial charge in [-0.1, -0.05) is 0 Å². The second kappa shape index (κ2) is 4.97. The SMILES string of the molecule is NC(CCc1ccc2occc2n1)CC(=O)O. The lowest BCUT2D eigenvalue weighted by atomic mass is 10.1. The molecule has 17 heavy (non-hydrogen) atoms. The van der Waals surface area contributed by atoms with Crippen LogP contribution in [0.25, 0.3) is 11.1 Å². The number of aromatic nitrogens is 1. The summed E-state index contributed by atoms with van der Waals surface area (Å²) in [6.45, 7) is 0. The van der Waals surface area contributed by atoms with Crippen molar-refractivity contribution < 1.29 is 14.3 Å². The summed E-state index contributed by atoms with van der Waals surface area (Å²) in [5, 5.41) is 8.59. The fourth-order valence-electron chi connectivity index (χ4n) is 1.69. The number of nitrogens with zero attached hydrogens (tertiary/aromatic N) is 1. The van der Waals surface area contributed by atoms with Gasteiger partial charge in [-0.2, -0.15) is 0 Å². The fourth-order valence-corrected chi connectivity index (χ4v) is 1.69. The fraction of sp³-hybridized carbons (Fsp3) is 0.333. The third kappa shape index (κ3) is 3.04. The van der Waals surface area contributed by atoms with Crippen LogP contribution in [0.15, 0.2) is 28.9 Å². The smallest absolute Gasteiger partial charge is 0.304 e. The molecule has 2 rings (SSSR count). The largest absolute Gasteiger partial charge is 0.481 e. The minimum Gasteiger partial charge on any atom is -0.481 e. The normalized spacial score (nSPS) is 12.8. The van der Waals surface area contributed by atoms with E-state index < -0.39 is 5.97 Å². The summed E-state index contributed by atoms with van der Waals surface area (Å²) in [4.78, 5) is 14.8. The minimum atomic E-state index is -0.865.